The van der Waals surface area contributed by atoms with Crippen molar-refractivity contribution in [3.05, 3.63) is 100 Å². The van der Waals surface area contributed by atoms with Gasteiger partial charge >= 0.3 is 0 Å². The van der Waals surface area contributed by atoms with Crippen LogP contribution in [0.4, 0.5) is 11.4 Å². The van der Waals surface area contributed by atoms with Crippen molar-refractivity contribution in [1.82, 2.24) is 0 Å². The maximum Gasteiger partial charge on any atom is 0.269 e. The molecule has 2 aromatic carbocycles. The fourth-order valence-electron chi connectivity index (χ4n) is 2.77. The van der Waals surface area contributed by atoms with E-state index >= 15 is 0 Å². The van der Waals surface area contributed by atoms with Gasteiger partial charge in [-0.3, -0.25) is 10.1 Å². The van der Waals surface area contributed by atoms with Crippen LogP contribution in [0.3, 0.4) is 0 Å². The molecule has 0 atom stereocenters. The molecule has 1 heterocycles. The molecule has 146 valence electrons. The Balaban J connectivity index is 2.00. The van der Waals surface area contributed by atoms with Crippen molar-refractivity contribution in [2.24, 2.45) is 0 Å². The molecular formula is C22H19N3O3S. The molecule has 1 N–H and O–H groups in total. The normalized spacial score (nSPS) is 11.5. The highest BCUT2D eigenvalue weighted by Gasteiger charge is 2.19. The number of aromatic nitrogens is 1. The first kappa shape index (κ1) is 20.2. The van der Waals surface area contributed by atoms with Gasteiger partial charge in [0, 0.05) is 30.0 Å². The number of nitrogens with one attached hydrogen (secondary N) is 1. The van der Waals surface area contributed by atoms with E-state index in [1.54, 1.807) is 29.1 Å². The van der Waals surface area contributed by atoms with E-state index in [4.69, 9.17) is 12.2 Å². The zero-order valence-electron chi connectivity index (χ0n) is 15.7. The third-order valence-corrected chi connectivity index (χ3v) is 4.66. The number of nitro groups is 1. The number of nitrogens with zero attached hydrogens (tertiary/aromatic N) is 2. The molecule has 29 heavy (non-hydrogen) atoms. The summed E-state index contributed by atoms with van der Waals surface area (Å²) in [5.74, 6) is -0.334. The fraction of sp³-hybridized carbons (Fsp3) is 0.0909. The first-order chi connectivity index (χ1) is 14.0. The molecule has 0 aliphatic rings. The van der Waals surface area contributed by atoms with Gasteiger partial charge in [0.25, 0.3) is 5.69 Å². The first-order valence-electron chi connectivity index (χ1n) is 9.02. The highest BCUT2D eigenvalue weighted by Crippen LogP contribution is 2.20. The second-order valence-corrected chi connectivity index (χ2v) is 6.68. The van der Waals surface area contributed by atoms with Crippen molar-refractivity contribution in [2.75, 3.05) is 5.32 Å². The summed E-state index contributed by atoms with van der Waals surface area (Å²) in [5.41, 5.74) is 2.47. The maximum atomic E-state index is 13.2. The summed E-state index contributed by atoms with van der Waals surface area (Å²) in [6.07, 6.45) is 4.39. The molecule has 7 heteroatoms. The molecule has 0 radical (unpaired) electrons. The van der Waals surface area contributed by atoms with Crippen molar-refractivity contribution in [1.29, 1.82) is 0 Å². The number of rotatable bonds is 6. The molecule has 0 amide bonds. The zero-order valence-corrected chi connectivity index (χ0v) is 16.6. The summed E-state index contributed by atoms with van der Waals surface area (Å²) in [4.78, 5) is 10.6. The molecule has 0 bridgehead atoms. The minimum atomic E-state index is -0.503. The Hall–Kier alpha value is -3.58. The van der Waals surface area contributed by atoms with Crippen LogP contribution in [0.15, 0.2) is 79.1 Å². The molecule has 0 saturated carbocycles. The number of nitro benzene ring substituents is 1. The summed E-state index contributed by atoms with van der Waals surface area (Å²) in [6.45, 7) is 2.08. The number of thiocarbonyl (C=S) groups is 1. The van der Waals surface area contributed by atoms with Crippen LogP contribution in [0, 0.1) is 10.1 Å². The molecular weight excluding hydrogens is 386 g/mol. The van der Waals surface area contributed by atoms with Crippen LogP contribution in [-0.2, 0) is 6.42 Å². The minimum Gasteiger partial charge on any atom is -0.867 e. The standard InChI is InChI=1S/C22H19N3O3S/c1-2-16-6-10-18(11-7-16)23-22(29)20(24-14-4-3-5-15-24)21(26)17-8-12-19(13-9-17)25(27)28/h3-15H,2H2,1H3,(H-,23,26,29). The van der Waals surface area contributed by atoms with Gasteiger partial charge in [0.2, 0.25) is 5.70 Å². The Morgan fingerprint density at radius 1 is 1.03 bits per heavy atom. The number of anilines is 1. The largest absolute Gasteiger partial charge is 0.867 e. The van der Waals surface area contributed by atoms with Crippen molar-refractivity contribution < 1.29 is 14.6 Å². The Bertz CT molecular complexity index is 1050. The van der Waals surface area contributed by atoms with E-state index in [9.17, 15) is 15.2 Å². The van der Waals surface area contributed by atoms with E-state index in [-0.39, 0.29) is 22.1 Å². The summed E-state index contributed by atoms with van der Waals surface area (Å²) < 4.78 is 1.64. The van der Waals surface area contributed by atoms with Gasteiger partial charge < -0.3 is 10.4 Å². The lowest BCUT2D eigenvalue weighted by molar-refractivity contribution is -0.577. The third kappa shape index (κ3) is 4.83. The number of hydrogen-bond acceptors (Lipinski definition) is 4. The number of benzene rings is 2. The summed E-state index contributed by atoms with van der Waals surface area (Å²) in [6, 6.07) is 18.7. The van der Waals surface area contributed by atoms with Gasteiger partial charge in [-0.1, -0.05) is 37.3 Å². The average molecular weight is 405 g/mol. The molecule has 0 fully saturated rings. The monoisotopic (exact) mass is 405 g/mol. The van der Waals surface area contributed by atoms with Gasteiger partial charge in [-0.25, -0.2) is 0 Å². The van der Waals surface area contributed by atoms with Crippen LogP contribution in [-0.4, -0.2) is 9.91 Å². The van der Waals surface area contributed by atoms with E-state index < -0.39 is 4.92 Å². The van der Waals surface area contributed by atoms with Gasteiger partial charge in [0.15, 0.2) is 17.4 Å². The molecule has 0 unspecified atom stereocenters. The lowest BCUT2D eigenvalue weighted by Crippen LogP contribution is -2.39. The highest BCUT2D eigenvalue weighted by molar-refractivity contribution is 7.81. The van der Waals surface area contributed by atoms with Crippen molar-refractivity contribution in [2.45, 2.75) is 13.3 Å². The van der Waals surface area contributed by atoms with Crippen LogP contribution in [0.5, 0.6) is 0 Å². The van der Waals surface area contributed by atoms with Crippen LogP contribution in [0.2, 0.25) is 0 Å². The highest BCUT2D eigenvalue weighted by atomic mass is 32.1. The van der Waals surface area contributed by atoms with Crippen molar-refractivity contribution >= 4 is 40.0 Å². The Morgan fingerprint density at radius 3 is 2.21 bits per heavy atom. The number of aryl methyl sites for hydroxylation is 1. The predicted molar refractivity (Wildman–Crippen MR) is 115 cm³/mol. The number of hydrogen-bond donors (Lipinski definition) is 1. The maximum absolute atomic E-state index is 13.2. The molecule has 3 rings (SSSR count). The van der Waals surface area contributed by atoms with Crippen LogP contribution < -0.4 is 15.0 Å². The minimum absolute atomic E-state index is 0.0767. The average Bonchev–Trinajstić information content (AvgIpc) is 2.75. The molecule has 0 aliphatic carbocycles. The van der Waals surface area contributed by atoms with Crippen molar-refractivity contribution in [3.63, 3.8) is 0 Å². The number of pyridine rings is 1. The van der Waals surface area contributed by atoms with E-state index in [1.807, 2.05) is 30.3 Å². The van der Waals surface area contributed by atoms with Crippen LogP contribution >= 0.6 is 12.2 Å². The second kappa shape index (κ2) is 9.07. The summed E-state index contributed by atoms with van der Waals surface area (Å²) in [7, 11) is 0. The Labute approximate surface area is 173 Å². The van der Waals surface area contributed by atoms with E-state index in [0.717, 1.165) is 12.1 Å². The number of non-ortho nitro benzene ring substituents is 1. The quantitative estimate of drug-likeness (QED) is 0.169. The molecule has 6 nitrogen and oxygen atoms in total. The van der Waals surface area contributed by atoms with Gasteiger partial charge in [-0.05, 0) is 47.6 Å². The lowest BCUT2D eigenvalue weighted by Gasteiger charge is -2.17. The summed E-state index contributed by atoms with van der Waals surface area (Å²) in [5, 5.41) is 27.2. The molecule has 3 aromatic rings. The predicted octanol–water partition coefficient (Wildman–Crippen LogP) is 3.57. The Morgan fingerprint density at radius 2 is 1.66 bits per heavy atom. The van der Waals surface area contributed by atoms with Crippen LogP contribution in [0.25, 0.3) is 11.5 Å². The van der Waals surface area contributed by atoms with E-state index in [0.29, 0.717) is 5.56 Å². The van der Waals surface area contributed by atoms with Gasteiger partial charge in [-0.2, -0.15) is 4.57 Å². The molecule has 0 spiro atoms. The lowest BCUT2D eigenvalue weighted by atomic mass is 10.1. The van der Waals surface area contributed by atoms with E-state index in [1.165, 1.54) is 29.8 Å². The smallest absolute Gasteiger partial charge is 0.269 e. The molecule has 0 aliphatic heterocycles. The van der Waals surface area contributed by atoms with Gasteiger partial charge in [-0.15, -0.1) is 0 Å². The van der Waals surface area contributed by atoms with Gasteiger partial charge in [0.1, 0.15) is 0 Å². The molecule has 0 saturated heterocycles. The zero-order chi connectivity index (χ0) is 20.8. The molecule has 1 aromatic heterocycles. The Kier molecular flexibility index (Phi) is 6.31. The summed E-state index contributed by atoms with van der Waals surface area (Å²) >= 11 is 5.55. The van der Waals surface area contributed by atoms with Crippen LogP contribution in [0.1, 0.15) is 18.1 Å². The van der Waals surface area contributed by atoms with Crippen molar-refractivity contribution in [3.8, 4) is 0 Å². The second-order valence-electron chi connectivity index (χ2n) is 6.27. The fourth-order valence-corrected chi connectivity index (χ4v) is 3.09. The van der Waals surface area contributed by atoms with Gasteiger partial charge in [0.05, 0.1) is 4.92 Å². The first-order valence-corrected chi connectivity index (χ1v) is 9.43. The SMILES string of the molecule is CCc1ccc(NC(=S)C(=C([O-])c2ccc([N+](=O)[O-])cc2)[n+]2ccccc2)cc1. The topological polar surface area (TPSA) is 82.1 Å². The van der Waals surface area contributed by atoms with E-state index in [2.05, 4.69) is 12.2 Å². The third-order valence-electron chi connectivity index (χ3n) is 4.36.